The second-order valence-corrected chi connectivity index (χ2v) is 11.3. The van der Waals surface area contributed by atoms with Gasteiger partial charge in [-0.3, -0.25) is 14.4 Å². The molecule has 0 saturated carbocycles. The number of phenolic OH excluding ortho intramolecular Hbond substituents is 1. The van der Waals surface area contributed by atoms with Crippen LogP contribution in [0, 0.1) is 0 Å². The van der Waals surface area contributed by atoms with E-state index in [-0.39, 0.29) is 24.0 Å². The Kier molecular flexibility index (Phi) is 9.62. The summed E-state index contributed by atoms with van der Waals surface area (Å²) >= 11 is 1.44. The van der Waals surface area contributed by atoms with E-state index in [9.17, 15) is 24.6 Å². The van der Waals surface area contributed by atoms with Crippen molar-refractivity contribution in [1.82, 2.24) is 15.5 Å². The SMILES string of the molecule is CCCc1c(O)cccc1C(=O)N[C@@H](Cc1ccccc1)[C@H](O)C(=O)N1CSCC1C(=O)NC(C)(C)C. The monoisotopic (exact) mass is 527 g/mol. The van der Waals surface area contributed by atoms with E-state index in [0.29, 0.717) is 23.3 Å². The van der Waals surface area contributed by atoms with E-state index in [1.54, 1.807) is 12.1 Å². The van der Waals surface area contributed by atoms with Crippen LogP contribution in [0.3, 0.4) is 0 Å². The highest BCUT2D eigenvalue weighted by atomic mass is 32.2. The molecule has 1 heterocycles. The van der Waals surface area contributed by atoms with Crippen LogP contribution in [-0.2, 0) is 22.4 Å². The molecule has 2 aromatic rings. The van der Waals surface area contributed by atoms with Gasteiger partial charge in [0.2, 0.25) is 5.91 Å². The summed E-state index contributed by atoms with van der Waals surface area (Å²) in [5, 5.41) is 27.3. The van der Waals surface area contributed by atoms with Crippen molar-refractivity contribution in [3.8, 4) is 5.75 Å². The number of phenols is 1. The number of nitrogens with zero attached hydrogens (tertiary/aromatic N) is 1. The summed E-state index contributed by atoms with van der Waals surface area (Å²) in [6.07, 6.45) is -0.117. The minimum Gasteiger partial charge on any atom is -0.508 e. The Balaban J connectivity index is 1.86. The molecule has 1 fully saturated rings. The lowest BCUT2D eigenvalue weighted by atomic mass is 9.97. The van der Waals surface area contributed by atoms with Crippen molar-refractivity contribution in [2.45, 2.75) is 70.7 Å². The second kappa shape index (κ2) is 12.5. The van der Waals surface area contributed by atoms with Crippen LogP contribution >= 0.6 is 11.8 Å². The first-order valence-corrected chi connectivity index (χ1v) is 13.7. The number of rotatable bonds is 9. The lowest BCUT2D eigenvalue weighted by Gasteiger charge is -2.31. The van der Waals surface area contributed by atoms with E-state index < -0.39 is 35.5 Å². The average Bonchev–Trinajstić information content (AvgIpc) is 3.34. The van der Waals surface area contributed by atoms with Gasteiger partial charge in [-0.1, -0.05) is 49.7 Å². The van der Waals surface area contributed by atoms with E-state index in [0.717, 1.165) is 12.0 Å². The topological polar surface area (TPSA) is 119 Å². The van der Waals surface area contributed by atoms with E-state index >= 15 is 0 Å². The lowest BCUT2D eigenvalue weighted by Crippen LogP contribution is -2.57. The summed E-state index contributed by atoms with van der Waals surface area (Å²) < 4.78 is 0. The van der Waals surface area contributed by atoms with Crippen LogP contribution in [0.1, 0.15) is 55.6 Å². The zero-order valence-electron chi connectivity index (χ0n) is 21.9. The zero-order chi connectivity index (χ0) is 27.2. The number of hydrogen-bond donors (Lipinski definition) is 4. The summed E-state index contributed by atoms with van der Waals surface area (Å²) in [6.45, 7) is 7.56. The smallest absolute Gasteiger partial charge is 0.254 e. The molecule has 2 aromatic carbocycles. The zero-order valence-corrected chi connectivity index (χ0v) is 22.7. The number of carbonyl (C=O) groups excluding carboxylic acids is 3. The van der Waals surface area contributed by atoms with Crippen molar-refractivity contribution < 1.29 is 24.6 Å². The predicted molar refractivity (Wildman–Crippen MR) is 145 cm³/mol. The molecule has 1 unspecified atom stereocenters. The van der Waals surface area contributed by atoms with Gasteiger partial charge in [0.05, 0.1) is 11.9 Å². The first-order valence-electron chi connectivity index (χ1n) is 12.6. The molecular formula is C28H37N3O5S. The maximum atomic E-state index is 13.5. The molecule has 0 spiro atoms. The fraction of sp³-hybridized carbons (Fsp3) is 0.464. The second-order valence-electron chi connectivity index (χ2n) is 10.3. The molecule has 1 aliphatic heterocycles. The minimum absolute atomic E-state index is 0.0347. The largest absolute Gasteiger partial charge is 0.508 e. The van der Waals surface area contributed by atoms with E-state index in [4.69, 9.17) is 0 Å². The molecule has 3 amide bonds. The van der Waals surface area contributed by atoms with E-state index in [1.807, 2.05) is 58.0 Å². The molecule has 37 heavy (non-hydrogen) atoms. The van der Waals surface area contributed by atoms with Gasteiger partial charge in [0, 0.05) is 22.4 Å². The molecule has 4 N–H and O–H groups in total. The maximum Gasteiger partial charge on any atom is 0.254 e. The number of aliphatic hydroxyl groups is 1. The van der Waals surface area contributed by atoms with E-state index in [2.05, 4.69) is 10.6 Å². The highest BCUT2D eigenvalue weighted by Crippen LogP contribution is 2.25. The van der Waals surface area contributed by atoms with Gasteiger partial charge >= 0.3 is 0 Å². The molecule has 3 atom stereocenters. The summed E-state index contributed by atoms with van der Waals surface area (Å²) in [5.41, 5.74) is 1.20. The summed E-state index contributed by atoms with van der Waals surface area (Å²) in [7, 11) is 0. The highest BCUT2D eigenvalue weighted by Gasteiger charge is 2.40. The minimum atomic E-state index is -1.57. The Morgan fingerprint density at radius 2 is 1.81 bits per heavy atom. The van der Waals surface area contributed by atoms with Crippen LogP contribution in [-0.4, -0.2) is 68.2 Å². The molecule has 0 aliphatic carbocycles. The van der Waals surface area contributed by atoms with Gasteiger partial charge in [-0.05, 0) is 51.3 Å². The fourth-order valence-electron chi connectivity index (χ4n) is 4.33. The first kappa shape index (κ1) is 28.5. The Bertz CT molecular complexity index is 1100. The van der Waals surface area contributed by atoms with Crippen LogP contribution < -0.4 is 10.6 Å². The normalized spacial score (nSPS) is 17.2. The van der Waals surface area contributed by atoms with Crippen LogP contribution in [0.5, 0.6) is 5.75 Å². The van der Waals surface area contributed by atoms with Crippen molar-refractivity contribution in [3.63, 3.8) is 0 Å². The van der Waals surface area contributed by atoms with Crippen LogP contribution in [0.4, 0.5) is 0 Å². The highest BCUT2D eigenvalue weighted by molar-refractivity contribution is 7.99. The van der Waals surface area contributed by atoms with Crippen molar-refractivity contribution in [2.75, 3.05) is 11.6 Å². The van der Waals surface area contributed by atoms with E-state index in [1.165, 1.54) is 22.7 Å². The molecule has 8 nitrogen and oxygen atoms in total. The third kappa shape index (κ3) is 7.49. The third-order valence-corrected chi connectivity index (χ3v) is 7.12. The number of aromatic hydroxyl groups is 1. The fourth-order valence-corrected chi connectivity index (χ4v) is 5.49. The molecule has 3 rings (SSSR count). The lowest BCUT2D eigenvalue weighted by molar-refractivity contribution is -0.146. The summed E-state index contributed by atoms with van der Waals surface area (Å²) in [5.74, 6) is -0.620. The Hall–Kier alpha value is -3.04. The van der Waals surface area contributed by atoms with Crippen LogP contribution in [0.25, 0.3) is 0 Å². The Morgan fingerprint density at radius 1 is 1.11 bits per heavy atom. The number of hydrogen-bond acceptors (Lipinski definition) is 6. The van der Waals surface area contributed by atoms with Crippen LogP contribution in [0.15, 0.2) is 48.5 Å². The standard InChI is InChI=1S/C28H37N3O5S/c1-5-10-19-20(13-9-14-23(19)32)25(34)29-21(15-18-11-7-6-8-12-18)24(33)27(36)31-17-37-16-22(31)26(35)30-28(2,3)4/h6-9,11-14,21-22,24,32-33H,5,10,15-17H2,1-4H3,(H,29,34)(H,30,35)/t21-,22?,24-/m0/s1. The molecule has 0 aromatic heterocycles. The van der Waals surface area contributed by atoms with Crippen LogP contribution in [0.2, 0.25) is 0 Å². The third-order valence-electron chi connectivity index (χ3n) is 6.11. The number of aliphatic hydroxyl groups excluding tert-OH is 1. The molecule has 1 aliphatic rings. The number of carbonyl (C=O) groups is 3. The predicted octanol–water partition coefficient (Wildman–Crippen LogP) is 2.86. The summed E-state index contributed by atoms with van der Waals surface area (Å²) in [6, 6.07) is 12.4. The number of benzene rings is 2. The summed E-state index contributed by atoms with van der Waals surface area (Å²) in [4.78, 5) is 41.1. The van der Waals surface area contributed by atoms with Gasteiger partial charge in [-0.2, -0.15) is 0 Å². The quantitative estimate of drug-likeness (QED) is 0.398. The molecule has 1 saturated heterocycles. The van der Waals surface area contributed by atoms with Gasteiger partial charge in [-0.15, -0.1) is 11.8 Å². The van der Waals surface area contributed by atoms with Gasteiger partial charge in [-0.25, -0.2) is 0 Å². The van der Waals surface area contributed by atoms with Gasteiger partial charge in [0.25, 0.3) is 11.8 Å². The maximum absolute atomic E-state index is 13.5. The van der Waals surface area contributed by atoms with Gasteiger partial charge < -0.3 is 25.7 Å². The average molecular weight is 528 g/mol. The number of amides is 3. The Labute approximate surface area is 222 Å². The molecule has 0 bridgehead atoms. The van der Waals surface area contributed by atoms with Crippen molar-refractivity contribution in [2.24, 2.45) is 0 Å². The van der Waals surface area contributed by atoms with Gasteiger partial charge in [0.1, 0.15) is 11.8 Å². The van der Waals surface area contributed by atoms with Crippen molar-refractivity contribution in [1.29, 1.82) is 0 Å². The van der Waals surface area contributed by atoms with Crippen molar-refractivity contribution >= 4 is 29.5 Å². The molecule has 9 heteroatoms. The molecule has 200 valence electrons. The van der Waals surface area contributed by atoms with Gasteiger partial charge in [0.15, 0.2) is 6.10 Å². The molecular weight excluding hydrogens is 490 g/mol. The molecule has 0 radical (unpaired) electrons. The number of nitrogens with one attached hydrogen (secondary N) is 2. The first-order chi connectivity index (χ1) is 17.5. The Morgan fingerprint density at radius 3 is 2.46 bits per heavy atom. The van der Waals surface area contributed by atoms with Crippen molar-refractivity contribution in [3.05, 3.63) is 65.2 Å². The number of thioether (sulfide) groups is 1.